The van der Waals surface area contributed by atoms with Crippen LogP contribution in [0.1, 0.15) is 31.2 Å². The molecule has 0 aromatic heterocycles. The minimum absolute atomic E-state index is 0.448. The van der Waals surface area contributed by atoms with Gasteiger partial charge < -0.3 is 14.6 Å². The average molecular weight is 248 g/mol. The second-order valence-electron chi connectivity index (χ2n) is 5.39. The van der Waals surface area contributed by atoms with E-state index < -0.39 is 5.60 Å². The summed E-state index contributed by atoms with van der Waals surface area (Å²) in [5, 5.41) is 10.8. The van der Waals surface area contributed by atoms with Crippen molar-refractivity contribution in [2.24, 2.45) is 11.8 Å². The molecule has 3 rings (SSSR count). The topological polar surface area (TPSA) is 38.7 Å². The molecule has 2 aliphatic rings. The van der Waals surface area contributed by atoms with Crippen LogP contribution in [0.2, 0.25) is 0 Å². The van der Waals surface area contributed by atoms with Crippen LogP contribution in [0.4, 0.5) is 0 Å². The van der Waals surface area contributed by atoms with Gasteiger partial charge in [-0.3, -0.25) is 0 Å². The molecule has 18 heavy (non-hydrogen) atoms. The summed E-state index contributed by atoms with van der Waals surface area (Å²) >= 11 is 0. The molecule has 1 N–H and O–H groups in total. The number of aliphatic hydroxyl groups is 1. The highest BCUT2D eigenvalue weighted by atomic mass is 16.5. The predicted molar refractivity (Wildman–Crippen MR) is 68.9 cm³/mol. The molecule has 0 bridgehead atoms. The molecule has 0 spiro atoms. The average Bonchev–Trinajstić information content (AvgIpc) is 3.05. The molecule has 1 aromatic rings. The maximum absolute atomic E-state index is 10.8. The van der Waals surface area contributed by atoms with E-state index in [1.165, 1.54) is 12.8 Å². The number of ether oxygens (including phenoxy) is 2. The zero-order chi connectivity index (χ0) is 12.8. The van der Waals surface area contributed by atoms with Crippen molar-refractivity contribution in [3.05, 3.63) is 23.8 Å². The molecule has 0 radical (unpaired) electrons. The van der Waals surface area contributed by atoms with Gasteiger partial charge in [0.25, 0.3) is 0 Å². The highest BCUT2D eigenvalue weighted by Gasteiger charge is 2.64. The number of hydrogen-bond acceptors (Lipinski definition) is 3. The molecule has 0 aliphatic heterocycles. The van der Waals surface area contributed by atoms with Crippen LogP contribution in [0.25, 0.3) is 0 Å². The second-order valence-corrected chi connectivity index (χ2v) is 5.39. The third kappa shape index (κ3) is 1.53. The first-order valence-electron chi connectivity index (χ1n) is 6.66. The van der Waals surface area contributed by atoms with E-state index in [0.717, 1.165) is 18.4 Å². The molecular weight excluding hydrogens is 228 g/mol. The standard InChI is InChI=1S/C15H20O3/c1-17-13-8-7-10(9-14(13)18-2)15(16)11-5-3-4-6-12(11)15/h7-9,11-12,16H,3-6H2,1-2H3. The Hall–Kier alpha value is -1.22. The highest BCUT2D eigenvalue weighted by Crippen LogP contribution is 2.64. The summed E-state index contributed by atoms with van der Waals surface area (Å²) in [6, 6.07) is 5.79. The first-order chi connectivity index (χ1) is 8.71. The molecule has 2 aliphatic carbocycles. The molecule has 1 aromatic carbocycles. The maximum atomic E-state index is 10.8. The molecule has 2 unspecified atom stereocenters. The number of benzene rings is 1. The lowest BCUT2D eigenvalue weighted by molar-refractivity contribution is 0.117. The Labute approximate surface area is 108 Å². The van der Waals surface area contributed by atoms with E-state index in [4.69, 9.17) is 9.47 Å². The van der Waals surface area contributed by atoms with Gasteiger partial charge in [0.15, 0.2) is 11.5 Å². The lowest BCUT2D eigenvalue weighted by Crippen LogP contribution is -2.10. The number of methoxy groups -OCH3 is 2. The van der Waals surface area contributed by atoms with Gasteiger partial charge in [-0.05, 0) is 42.4 Å². The van der Waals surface area contributed by atoms with E-state index in [-0.39, 0.29) is 0 Å². The summed E-state index contributed by atoms with van der Waals surface area (Å²) in [7, 11) is 3.26. The maximum Gasteiger partial charge on any atom is 0.161 e. The number of rotatable bonds is 3. The molecule has 0 saturated heterocycles. The van der Waals surface area contributed by atoms with Crippen molar-refractivity contribution < 1.29 is 14.6 Å². The van der Waals surface area contributed by atoms with Crippen molar-refractivity contribution in [2.75, 3.05) is 14.2 Å². The van der Waals surface area contributed by atoms with E-state index in [9.17, 15) is 5.11 Å². The minimum Gasteiger partial charge on any atom is -0.493 e. The van der Waals surface area contributed by atoms with E-state index >= 15 is 0 Å². The minimum atomic E-state index is -0.615. The Morgan fingerprint density at radius 1 is 1.06 bits per heavy atom. The van der Waals surface area contributed by atoms with Crippen LogP contribution in [0.15, 0.2) is 18.2 Å². The summed E-state index contributed by atoms with van der Waals surface area (Å²) in [6.07, 6.45) is 4.79. The fourth-order valence-corrected chi connectivity index (χ4v) is 3.61. The lowest BCUT2D eigenvalue weighted by atomic mass is 10.0. The van der Waals surface area contributed by atoms with Crippen LogP contribution in [0, 0.1) is 11.8 Å². The summed E-state index contributed by atoms with van der Waals surface area (Å²) in [5.41, 5.74) is 0.368. The monoisotopic (exact) mass is 248 g/mol. The second kappa shape index (κ2) is 4.16. The van der Waals surface area contributed by atoms with Crippen LogP contribution < -0.4 is 9.47 Å². The van der Waals surface area contributed by atoms with Gasteiger partial charge in [-0.2, -0.15) is 0 Å². The Bertz CT molecular complexity index is 443. The first kappa shape index (κ1) is 11.8. The van der Waals surface area contributed by atoms with Crippen LogP contribution in [0.5, 0.6) is 11.5 Å². The summed E-state index contributed by atoms with van der Waals surface area (Å²) < 4.78 is 10.6. The van der Waals surface area contributed by atoms with Gasteiger partial charge in [-0.1, -0.05) is 18.9 Å². The molecule has 3 heteroatoms. The van der Waals surface area contributed by atoms with Crippen molar-refractivity contribution in [1.29, 1.82) is 0 Å². The number of fused-ring (bicyclic) bond motifs is 1. The largest absolute Gasteiger partial charge is 0.493 e. The van der Waals surface area contributed by atoms with Gasteiger partial charge in [0.2, 0.25) is 0 Å². The quantitative estimate of drug-likeness (QED) is 0.894. The van der Waals surface area contributed by atoms with Gasteiger partial charge in [0.1, 0.15) is 0 Å². The van der Waals surface area contributed by atoms with Gasteiger partial charge in [-0.15, -0.1) is 0 Å². The Morgan fingerprint density at radius 3 is 2.22 bits per heavy atom. The predicted octanol–water partition coefficient (Wildman–Crippen LogP) is 2.71. The van der Waals surface area contributed by atoms with Gasteiger partial charge in [-0.25, -0.2) is 0 Å². The smallest absolute Gasteiger partial charge is 0.161 e. The van der Waals surface area contributed by atoms with E-state index in [0.29, 0.717) is 23.3 Å². The molecule has 0 amide bonds. The molecule has 2 fully saturated rings. The summed E-state index contributed by atoms with van der Waals surface area (Å²) in [5.74, 6) is 2.31. The molecule has 0 heterocycles. The van der Waals surface area contributed by atoms with E-state index in [1.54, 1.807) is 14.2 Å². The fraction of sp³-hybridized carbons (Fsp3) is 0.600. The third-order valence-electron chi connectivity index (χ3n) is 4.63. The van der Waals surface area contributed by atoms with E-state index in [2.05, 4.69) is 0 Å². The van der Waals surface area contributed by atoms with Crippen LogP contribution in [-0.4, -0.2) is 19.3 Å². The molecule has 3 nitrogen and oxygen atoms in total. The zero-order valence-corrected chi connectivity index (χ0v) is 11.0. The zero-order valence-electron chi connectivity index (χ0n) is 11.0. The molecular formula is C15H20O3. The normalized spacial score (nSPS) is 33.7. The van der Waals surface area contributed by atoms with Crippen LogP contribution in [-0.2, 0) is 5.60 Å². The number of hydrogen-bond donors (Lipinski definition) is 1. The molecule has 2 atom stereocenters. The van der Waals surface area contributed by atoms with Crippen LogP contribution in [0.3, 0.4) is 0 Å². The lowest BCUT2D eigenvalue weighted by Gasteiger charge is -2.14. The van der Waals surface area contributed by atoms with Crippen LogP contribution >= 0.6 is 0 Å². The van der Waals surface area contributed by atoms with E-state index in [1.807, 2.05) is 18.2 Å². The van der Waals surface area contributed by atoms with Gasteiger partial charge >= 0.3 is 0 Å². The Morgan fingerprint density at radius 2 is 1.67 bits per heavy atom. The highest BCUT2D eigenvalue weighted by molar-refractivity contribution is 5.47. The Kier molecular flexibility index (Phi) is 2.74. The van der Waals surface area contributed by atoms with Crippen molar-refractivity contribution in [2.45, 2.75) is 31.3 Å². The summed E-state index contributed by atoms with van der Waals surface area (Å²) in [4.78, 5) is 0. The first-order valence-corrected chi connectivity index (χ1v) is 6.66. The molecule has 2 saturated carbocycles. The van der Waals surface area contributed by atoms with Crippen molar-refractivity contribution >= 4 is 0 Å². The Balaban J connectivity index is 1.93. The van der Waals surface area contributed by atoms with Crippen molar-refractivity contribution in [1.82, 2.24) is 0 Å². The molecule has 98 valence electrons. The van der Waals surface area contributed by atoms with Crippen molar-refractivity contribution in [3.63, 3.8) is 0 Å². The fourth-order valence-electron chi connectivity index (χ4n) is 3.61. The third-order valence-corrected chi connectivity index (χ3v) is 4.63. The van der Waals surface area contributed by atoms with Gasteiger partial charge in [0, 0.05) is 0 Å². The SMILES string of the molecule is COc1ccc(C2(O)C3CCCCC32)cc1OC. The van der Waals surface area contributed by atoms with Gasteiger partial charge in [0.05, 0.1) is 19.8 Å². The van der Waals surface area contributed by atoms with Crippen molar-refractivity contribution in [3.8, 4) is 11.5 Å². The summed E-state index contributed by atoms with van der Waals surface area (Å²) in [6.45, 7) is 0.